The number of H-pyrrole nitrogens is 1. The molecular formula is C25H26N4O2. The van der Waals surface area contributed by atoms with Crippen molar-refractivity contribution in [2.45, 2.75) is 25.3 Å². The summed E-state index contributed by atoms with van der Waals surface area (Å²) < 4.78 is 0. The quantitative estimate of drug-likeness (QED) is 0.353. The van der Waals surface area contributed by atoms with E-state index in [0.29, 0.717) is 31.5 Å². The molecule has 6 heteroatoms. The van der Waals surface area contributed by atoms with Crippen molar-refractivity contribution in [1.82, 2.24) is 10.3 Å². The Kier molecular flexibility index (Phi) is 6.29. The van der Waals surface area contributed by atoms with Crippen LogP contribution in [0.3, 0.4) is 0 Å². The van der Waals surface area contributed by atoms with Gasteiger partial charge < -0.3 is 21.4 Å². The highest BCUT2D eigenvalue weighted by Gasteiger charge is 2.22. The van der Waals surface area contributed by atoms with Gasteiger partial charge in [0, 0.05) is 35.6 Å². The highest BCUT2D eigenvalue weighted by atomic mass is 16.2. The molecule has 4 aromatic rings. The molecule has 0 bridgehead atoms. The topological polar surface area (TPSA) is 100 Å². The first kappa shape index (κ1) is 20.6. The molecule has 2 amide bonds. The number of hydrogen-bond donors (Lipinski definition) is 4. The Balaban J connectivity index is 1.55. The fourth-order valence-corrected chi connectivity index (χ4v) is 3.76. The van der Waals surface area contributed by atoms with E-state index in [4.69, 9.17) is 5.73 Å². The number of hydrogen-bond acceptors (Lipinski definition) is 3. The second-order valence-electron chi connectivity index (χ2n) is 7.63. The molecule has 1 atom stereocenters. The number of para-hydroxylation sites is 1. The first-order valence-electron chi connectivity index (χ1n) is 10.5. The van der Waals surface area contributed by atoms with Crippen molar-refractivity contribution in [3.8, 4) is 0 Å². The van der Waals surface area contributed by atoms with Gasteiger partial charge in [0.25, 0.3) is 0 Å². The Morgan fingerprint density at radius 2 is 1.74 bits per heavy atom. The third-order valence-corrected chi connectivity index (χ3v) is 5.38. The molecule has 31 heavy (non-hydrogen) atoms. The molecule has 0 radical (unpaired) electrons. The summed E-state index contributed by atoms with van der Waals surface area (Å²) in [4.78, 5) is 28.8. The van der Waals surface area contributed by atoms with E-state index >= 15 is 0 Å². The van der Waals surface area contributed by atoms with Crippen LogP contribution in [-0.4, -0.2) is 29.4 Å². The van der Waals surface area contributed by atoms with Crippen LogP contribution in [0.4, 0.5) is 5.69 Å². The van der Waals surface area contributed by atoms with Crippen LogP contribution in [-0.2, 0) is 16.0 Å². The lowest BCUT2D eigenvalue weighted by atomic mass is 10.0. The number of carbonyl (C=O) groups excluding carboxylic acids is 2. The molecule has 5 N–H and O–H groups in total. The highest BCUT2D eigenvalue weighted by molar-refractivity contribution is 5.99. The number of aromatic nitrogens is 1. The molecule has 0 aliphatic heterocycles. The Bertz CT molecular complexity index is 1210. The van der Waals surface area contributed by atoms with Crippen molar-refractivity contribution >= 4 is 39.2 Å². The molecule has 6 nitrogen and oxygen atoms in total. The SMILES string of the molecule is NCCCC(=O)NC(Cc1c[nH]c2ccccc12)C(=O)Nc1ccc2ccccc2c1. The van der Waals surface area contributed by atoms with Crippen LogP contribution in [0, 0.1) is 0 Å². The first-order chi connectivity index (χ1) is 15.1. The number of benzene rings is 3. The molecule has 1 heterocycles. The Morgan fingerprint density at radius 3 is 2.58 bits per heavy atom. The van der Waals surface area contributed by atoms with Crippen molar-refractivity contribution in [1.29, 1.82) is 0 Å². The molecule has 0 aliphatic carbocycles. The monoisotopic (exact) mass is 414 g/mol. The predicted molar refractivity (Wildman–Crippen MR) is 125 cm³/mol. The van der Waals surface area contributed by atoms with E-state index in [1.807, 2.05) is 72.9 Å². The van der Waals surface area contributed by atoms with Gasteiger partial charge in [0.15, 0.2) is 0 Å². The lowest BCUT2D eigenvalue weighted by molar-refractivity contribution is -0.126. The second kappa shape index (κ2) is 9.45. The maximum absolute atomic E-state index is 13.2. The predicted octanol–water partition coefficient (Wildman–Crippen LogP) is 3.73. The van der Waals surface area contributed by atoms with Gasteiger partial charge in [-0.05, 0) is 47.5 Å². The largest absolute Gasteiger partial charge is 0.361 e. The van der Waals surface area contributed by atoms with Crippen LogP contribution in [0.1, 0.15) is 18.4 Å². The van der Waals surface area contributed by atoms with Gasteiger partial charge >= 0.3 is 0 Å². The number of rotatable bonds is 8. The summed E-state index contributed by atoms with van der Waals surface area (Å²) in [7, 11) is 0. The third-order valence-electron chi connectivity index (χ3n) is 5.38. The number of aromatic amines is 1. The number of nitrogens with two attached hydrogens (primary N) is 1. The maximum Gasteiger partial charge on any atom is 0.247 e. The maximum atomic E-state index is 13.2. The highest BCUT2D eigenvalue weighted by Crippen LogP contribution is 2.21. The second-order valence-corrected chi connectivity index (χ2v) is 7.63. The summed E-state index contributed by atoms with van der Waals surface area (Å²) in [5.41, 5.74) is 8.20. The average Bonchev–Trinajstić information content (AvgIpc) is 3.20. The first-order valence-corrected chi connectivity index (χ1v) is 10.5. The summed E-state index contributed by atoms with van der Waals surface area (Å²) in [5, 5.41) is 9.05. The third kappa shape index (κ3) is 4.92. The van der Waals surface area contributed by atoms with Crippen molar-refractivity contribution in [3.05, 3.63) is 78.5 Å². The zero-order valence-electron chi connectivity index (χ0n) is 17.2. The molecule has 4 rings (SSSR count). The molecule has 0 saturated heterocycles. The van der Waals surface area contributed by atoms with Gasteiger partial charge in [-0.3, -0.25) is 9.59 Å². The lowest BCUT2D eigenvalue weighted by Crippen LogP contribution is -2.45. The molecule has 0 spiro atoms. The van der Waals surface area contributed by atoms with E-state index < -0.39 is 6.04 Å². The number of amides is 2. The Morgan fingerprint density at radius 1 is 0.968 bits per heavy atom. The van der Waals surface area contributed by atoms with Crippen molar-refractivity contribution < 1.29 is 9.59 Å². The summed E-state index contributed by atoms with van der Waals surface area (Å²) in [6.07, 6.45) is 3.16. The molecular weight excluding hydrogens is 388 g/mol. The minimum atomic E-state index is -0.698. The van der Waals surface area contributed by atoms with Crippen LogP contribution in [0.15, 0.2) is 72.9 Å². The van der Waals surface area contributed by atoms with E-state index in [1.165, 1.54) is 0 Å². The van der Waals surface area contributed by atoms with Crippen molar-refractivity contribution in [3.63, 3.8) is 0 Å². The summed E-state index contributed by atoms with van der Waals surface area (Å²) in [6.45, 7) is 0.434. The smallest absolute Gasteiger partial charge is 0.247 e. The van der Waals surface area contributed by atoms with Crippen molar-refractivity contribution in [2.24, 2.45) is 5.73 Å². The van der Waals surface area contributed by atoms with Gasteiger partial charge in [-0.25, -0.2) is 0 Å². The van der Waals surface area contributed by atoms with Crippen LogP contribution < -0.4 is 16.4 Å². The van der Waals surface area contributed by atoms with E-state index in [9.17, 15) is 9.59 Å². The van der Waals surface area contributed by atoms with E-state index in [-0.39, 0.29) is 11.8 Å². The Labute approximate surface area is 180 Å². The number of nitrogens with one attached hydrogen (secondary N) is 3. The van der Waals surface area contributed by atoms with E-state index in [2.05, 4.69) is 15.6 Å². The molecule has 3 aromatic carbocycles. The van der Waals surface area contributed by atoms with Crippen LogP contribution in [0.2, 0.25) is 0 Å². The summed E-state index contributed by atoms with van der Waals surface area (Å²) in [5.74, 6) is -0.425. The van der Waals surface area contributed by atoms with Gasteiger partial charge in [-0.1, -0.05) is 48.5 Å². The number of carbonyl (C=O) groups is 2. The molecule has 158 valence electrons. The lowest BCUT2D eigenvalue weighted by Gasteiger charge is -2.19. The number of fused-ring (bicyclic) bond motifs is 2. The van der Waals surface area contributed by atoms with Gasteiger partial charge in [-0.2, -0.15) is 0 Å². The minimum Gasteiger partial charge on any atom is -0.361 e. The molecule has 1 unspecified atom stereocenters. The Hall–Kier alpha value is -3.64. The normalized spacial score (nSPS) is 12.0. The standard InChI is InChI=1S/C25H26N4O2/c26-13-5-10-24(30)29-23(15-19-16-27-22-9-4-3-8-21(19)22)25(31)28-20-12-11-17-6-1-2-7-18(17)14-20/h1-4,6-9,11-12,14,16,23,27H,5,10,13,15,26H2,(H,28,31)(H,29,30). The van der Waals surface area contributed by atoms with Crippen LogP contribution in [0.5, 0.6) is 0 Å². The van der Waals surface area contributed by atoms with Gasteiger partial charge in [0.1, 0.15) is 6.04 Å². The van der Waals surface area contributed by atoms with Gasteiger partial charge in [0.2, 0.25) is 11.8 Å². The molecule has 1 aromatic heterocycles. The van der Waals surface area contributed by atoms with E-state index in [0.717, 1.165) is 27.2 Å². The van der Waals surface area contributed by atoms with Crippen LogP contribution >= 0.6 is 0 Å². The van der Waals surface area contributed by atoms with Gasteiger partial charge in [0.05, 0.1) is 0 Å². The van der Waals surface area contributed by atoms with Crippen LogP contribution in [0.25, 0.3) is 21.7 Å². The zero-order valence-corrected chi connectivity index (χ0v) is 17.2. The zero-order chi connectivity index (χ0) is 21.6. The number of anilines is 1. The fourth-order valence-electron chi connectivity index (χ4n) is 3.76. The average molecular weight is 415 g/mol. The van der Waals surface area contributed by atoms with Crippen molar-refractivity contribution in [2.75, 3.05) is 11.9 Å². The molecule has 0 fully saturated rings. The molecule has 0 saturated carbocycles. The molecule has 0 aliphatic rings. The fraction of sp³-hybridized carbons (Fsp3) is 0.200. The minimum absolute atomic E-state index is 0.177. The summed E-state index contributed by atoms with van der Waals surface area (Å²) in [6, 6.07) is 21.0. The van der Waals surface area contributed by atoms with Gasteiger partial charge in [-0.15, -0.1) is 0 Å². The van der Waals surface area contributed by atoms with E-state index in [1.54, 1.807) is 0 Å². The summed E-state index contributed by atoms with van der Waals surface area (Å²) >= 11 is 0.